The Morgan fingerprint density at radius 1 is 1.47 bits per heavy atom. The average Bonchev–Trinajstić information content (AvgIpc) is 2.96. The smallest absolute Gasteiger partial charge is 0.127 e. The molecule has 104 valence electrons. The van der Waals surface area contributed by atoms with E-state index in [9.17, 15) is 5.11 Å². The maximum atomic E-state index is 9.49. The van der Waals surface area contributed by atoms with Crippen LogP contribution in [0.4, 0.5) is 0 Å². The summed E-state index contributed by atoms with van der Waals surface area (Å²) in [5.41, 5.74) is 1.20. The largest absolute Gasteiger partial charge is 0.508 e. The van der Waals surface area contributed by atoms with E-state index in [2.05, 4.69) is 23.9 Å². The van der Waals surface area contributed by atoms with Crippen LogP contribution in [0.1, 0.15) is 24.4 Å². The van der Waals surface area contributed by atoms with Gasteiger partial charge in [-0.05, 0) is 45.6 Å². The van der Waals surface area contributed by atoms with Gasteiger partial charge in [-0.15, -0.1) is 0 Å². The Balaban J connectivity index is 1.70. The number of phenols is 1. The summed E-state index contributed by atoms with van der Waals surface area (Å²) in [6.45, 7) is 2.97. The summed E-state index contributed by atoms with van der Waals surface area (Å²) in [5, 5.41) is 9.49. The quantitative estimate of drug-likeness (QED) is 0.902. The van der Waals surface area contributed by atoms with E-state index in [0.717, 1.165) is 12.3 Å². The third kappa shape index (κ3) is 2.42. The van der Waals surface area contributed by atoms with E-state index < -0.39 is 0 Å². The first-order valence-corrected chi connectivity index (χ1v) is 7.01. The molecule has 2 aliphatic rings. The molecule has 0 aromatic heterocycles. The number of fused-ring (bicyclic) bond motifs is 1. The fourth-order valence-electron chi connectivity index (χ4n) is 3.22. The zero-order chi connectivity index (χ0) is 13.4. The minimum Gasteiger partial charge on any atom is -0.508 e. The highest BCUT2D eigenvalue weighted by molar-refractivity contribution is 5.44. The molecule has 2 heterocycles. The molecule has 4 heteroatoms. The first-order chi connectivity index (χ1) is 9.15. The van der Waals surface area contributed by atoms with Gasteiger partial charge in [-0.3, -0.25) is 4.90 Å². The number of aromatic hydroxyl groups is 1. The lowest BCUT2D eigenvalue weighted by Crippen LogP contribution is -2.38. The van der Waals surface area contributed by atoms with Gasteiger partial charge in [0.25, 0.3) is 0 Å². The average molecular weight is 262 g/mol. The third-order valence-corrected chi connectivity index (χ3v) is 4.46. The Hall–Kier alpha value is -1.26. The molecule has 4 nitrogen and oxygen atoms in total. The lowest BCUT2D eigenvalue weighted by molar-refractivity contribution is 0.154. The van der Waals surface area contributed by atoms with E-state index in [1.165, 1.54) is 24.9 Å². The first-order valence-electron chi connectivity index (χ1n) is 7.01. The zero-order valence-electron chi connectivity index (χ0n) is 11.7. The van der Waals surface area contributed by atoms with Crippen molar-refractivity contribution in [2.45, 2.75) is 24.9 Å². The molecule has 1 fully saturated rings. The summed E-state index contributed by atoms with van der Waals surface area (Å²) in [7, 11) is 4.38. The molecule has 0 saturated carbocycles. The number of likely N-dealkylation sites (N-methyl/N-ethyl adjacent to an activating group) is 2. The van der Waals surface area contributed by atoms with Gasteiger partial charge in [-0.2, -0.15) is 0 Å². The standard InChI is InChI=1S/C15H22N2O2/c1-16-7-3-4-11(16)9-17(2)14-10-19-15-8-12(18)5-6-13(14)15/h5-6,8,11,14,18H,3-4,7,9-10H2,1-2H3. The number of likely N-dealkylation sites (tertiary alicyclic amines) is 1. The monoisotopic (exact) mass is 262 g/mol. The van der Waals surface area contributed by atoms with Crippen LogP contribution in [-0.2, 0) is 0 Å². The summed E-state index contributed by atoms with van der Waals surface area (Å²) in [6, 6.07) is 6.41. The predicted molar refractivity (Wildman–Crippen MR) is 74.6 cm³/mol. The molecule has 1 N–H and O–H groups in total. The first kappa shape index (κ1) is 12.8. The Bertz CT molecular complexity index is 463. The summed E-state index contributed by atoms with van der Waals surface area (Å²) >= 11 is 0. The minimum absolute atomic E-state index is 0.276. The Labute approximate surface area is 114 Å². The van der Waals surface area contributed by atoms with E-state index in [1.807, 2.05) is 6.07 Å². The van der Waals surface area contributed by atoms with Gasteiger partial charge in [0.05, 0.1) is 6.04 Å². The summed E-state index contributed by atoms with van der Waals surface area (Å²) in [4.78, 5) is 4.83. The maximum Gasteiger partial charge on any atom is 0.127 e. The molecule has 19 heavy (non-hydrogen) atoms. The van der Waals surface area contributed by atoms with Crippen LogP contribution >= 0.6 is 0 Å². The van der Waals surface area contributed by atoms with Crippen LogP contribution in [0.5, 0.6) is 11.5 Å². The summed E-state index contributed by atoms with van der Waals surface area (Å²) in [5.74, 6) is 1.11. The van der Waals surface area contributed by atoms with Crippen LogP contribution in [0.25, 0.3) is 0 Å². The van der Waals surface area contributed by atoms with Gasteiger partial charge in [0.2, 0.25) is 0 Å². The Morgan fingerprint density at radius 2 is 2.32 bits per heavy atom. The molecule has 1 aromatic carbocycles. The van der Waals surface area contributed by atoms with Crippen LogP contribution in [0, 0.1) is 0 Å². The van der Waals surface area contributed by atoms with Gasteiger partial charge in [0.1, 0.15) is 18.1 Å². The van der Waals surface area contributed by atoms with Crippen molar-refractivity contribution in [3.05, 3.63) is 23.8 Å². The van der Waals surface area contributed by atoms with Gasteiger partial charge >= 0.3 is 0 Å². The second-order valence-electron chi connectivity index (χ2n) is 5.77. The van der Waals surface area contributed by atoms with Crippen molar-refractivity contribution in [1.82, 2.24) is 9.80 Å². The van der Waals surface area contributed by atoms with E-state index in [0.29, 0.717) is 18.7 Å². The van der Waals surface area contributed by atoms with Gasteiger partial charge in [-0.25, -0.2) is 0 Å². The number of nitrogens with zero attached hydrogens (tertiary/aromatic N) is 2. The van der Waals surface area contributed by atoms with E-state index in [4.69, 9.17) is 4.74 Å². The molecule has 2 atom stereocenters. The molecule has 0 aliphatic carbocycles. The van der Waals surface area contributed by atoms with Crippen molar-refractivity contribution in [1.29, 1.82) is 0 Å². The van der Waals surface area contributed by atoms with E-state index >= 15 is 0 Å². The second kappa shape index (κ2) is 5.02. The molecular formula is C15H22N2O2. The third-order valence-electron chi connectivity index (χ3n) is 4.46. The van der Waals surface area contributed by atoms with E-state index in [1.54, 1.807) is 12.1 Å². The Kier molecular flexibility index (Phi) is 3.37. The lowest BCUT2D eigenvalue weighted by atomic mass is 10.1. The molecule has 1 aromatic rings. The second-order valence-corrected chi connectivity index (χ2v) is 5.77. The molecular weight excluding hydrogens is 240 g/mol. The minimum atomic E-state index is 0.276. The Morgan fingerprint density at radius 3 is 3.05 bits per heavy atom. The maximum absolute atomic E-state index is 9.49. The van der Waals surface area contributed by atoms with Gasteiger partial charge in [-0.1, -0.05) is 0 Å². The van der Waals surface area contributed by atoms with Crippen LogP contribution in [0.15, 0.2) is 18.2 Å². The number of rotatable bonds is 3. The highest BCUT2D eigenvalue weighted by Crippen LogP contribution is 2.37. The van der Waals surface area contributed by atoms with Crippen LogP contribution in [0.2, 0.25) is 0 Å². The number of hydrogen-bond acceptors (Lipinski definition) is 4. The number of ether oxygens (including phenoxy) is 1. The predicted octanol–water partition coefficient (Wildman–Crippen LogP) is 1.85. The summed E-state index contributed by atoms with van der Waals surface area (Å²) < 4.78 is 5.69. The highest BCUT2D eigenvalue weighted by atomic mass is 16.5. The molecule has 0 amide bonds. The highest BCUT2D eigenvalue weighted by Gasteiger charge is 2.31. The number of benzene rings is 1. The fraction of sp³-hybridized carbons (Fsp3) is 0.600. The van der Waals surface area contributed by atoms with Crippen molar-refractivity contribution in [3.63, 3.8) is 0 Å². The number of hydrogen-bond donors (Lipinski definition) is 1. The van der Waals surface area contributed by atoms with Gasteiger partial charge in [0.15, 0.2) is 0 Å². The van der Waals surface area contributed by atoms with Crippen molar-refractivity contribution in [2.75, 3.05) is 33.8 Å². The molecule has 0 spiro atoms. The van der Waals surface area contributed by atoms with Crippen molar-refractivity contribution in [3.8, 4) is 11.5 Å². The normalized spacial score (nSPS) is 26.7. The molecule has 2 aliphatic heterocycles. The molecule has 2 unspecified atom stereocenters. The van der Waals surface area contributed by atoms with Crippen molar-refractivity contribution in [2.24, 2.45) is 0 Å². The lowest BCUT2D eigenvalue weighted by Gasteiger charge is -2.29. The molecule has 0 bridgehead atoms. The van der Waals surface area contributed by atoms with Gasteiger partial charge in [0, 0.05) is 24.2 Å². The zero-order valence-corrected chi connectivity index (χ0v) is 11.7. The van der Waals surface area contributed by atoms with E-state index in [-0.39, 0.29) is 5.75 Å². The van der Waals surface area contributed by atoms with Crippen molar-refractivity contribution < 1.29 is 9.84 Å². The topological polar surface area (TPSA) is 35.9 Å². The van der Waals surface area contributed by atoms with Gasteiger partial charge < -0.3 is 14.7 Å². The molecule has 1 saturated heterocycles. The summed E-state index contributed by atoms with van der Waals surface area (Å²) in [6.07, 6.45) is 2.59. The SMILES string of the molecule is CN1CCCC1CN(C)C1COc2cc(O)ccc21. The molecule has 0 radical (unpaired) electrons. The number of phenolic OH excluding ortho intramolecular Hbond substituents is 1. The van der Waals surface area contributed by atoms with Crippen molar-refractivity contribution >= 4 is 0 Å². The van der Waals surface area contributed by atoms with Crippen LogP contribution in [0.3, 0.4) is 0 Å². The van der Waals surface area contributed by atoms with Crippen LogP contribution in [-0.4, -0.2) is 54.7 Å². The molecule has 3 rings (SSSR count). The fourth-order valence-corrected chi connectivity index (χ4v) is 3.22. The van der Waals surface area contributed by atoms with Crippen LogP contribution < -0.4 is 4.74 Å².